The first-order valence-electron chi connectivity index (χ1n) is 5.83. The average Bonchev–Trinajstić information content (AvgIpc) is 2.33. The summed E-state index contributed by atoms with van der Waals surface area (Å²) in [6.45, 7) is 6.62. The second-order valence-electron chi connectivity index (χ2n) is 4.33. The van der Waals surface area contributed by atoms with Gasteiger partial charge < -0.3 is 4.90 Å². The molecule has 1 aliphatic heterocycles. The molecule has 1 saturated heterocycles. The summed E-state index contributed by atoms with van der Waals surface area (Å²) in [4.78, 5) is 24.4. The first-order chi connectivity index (χ1) is 8.16. The molecule has 0 aromatic heterocycles. The van der Waals surface area contributed by atoms with E-state index in [0.717, 1.165) is 24.9 Å². The van der Waals surface area contributed by atoms with Crippen LogP contribution in [0.25, 0.3) is 0 Å². The van der Waals surface area contributed by atoms with Crippen LogP contribution in [0.2, 0.25) is 0 Å². The maximum atomic E-state index is 11.6. The second-order valence-corrected chi connectivity index (χ2v) is 4.33. The van der Waals surface area contributed by atoms with Gasteiger partial charge in [-0.15, -0.1) is 0 Å². The third kappa shape index (κ3) is 2.93. The number of ketones is 1. The number of hydrogen-bond donors (Lipinski definition) is 0. The van der Waals surface area contributed by atoms with Gasteiger partial charge in [0.2, 0.25) is 5.91 Å². The minimum atomic E-state index is -0.425. The lowest BCUT2D eigenvalue weighted by Gasteiger charge is -2.26. The van der Waals surface area contributed by atoms with Gasteiger partial charge in [0.25, 0.3) is 0 Å². The van der Waals surface area contributed by atoms with Crippen LogP contribution in [0.15, 0.2) is 24.3 Å². The maximum Gasteiger partial charge on any atom is 0.222 e. The number of amides is 1. The number of carbonyl (C=O) groups excluding carboxylic acids is 2. The minimum absolute atomic E-state index is 0.218. The Morgan fingerprint density at radius 2 is 1.94 bits per heavy atom. The zero-order chi connectivity index (χ0) is 12.3. The minimum Gasteiger partial charge on any atom is -0.338 e. The predicted octanol–water partition coefficient (Wildman–Crippen LogP) is 2.09. The zero-order valence-corrected chi connectivity index (χ0v) is 9.69. The van der Waals surface area contributed by atoms with Crippen LogP contribution in [0.1, 0.15) is 35.2 Å². The van der Waals surface area contributed by atoms with Crippen molar-refractivity contribution in [2.75, 3.05) is 6.54 Å². The summed E-state index contributed by atoms with van der Waals surface area (Å²) in [5.41, 5.74) is 1.53. The molecular formula is C14H15NO2. The topological polar surface area (TPSA) is 37.4 Å². The van der Waals surface area contributed by atoms with Crippen LogP contribution in [-0.2, 0) is 11.3 Å². The smallest absolute Gasteiger partial charge is 0.222 e. The zero-order valence-electron chi connectivity index (χ0n) is 9.69. The van der Waals surface area contributed by atoms with E-state index in [2.05, 4.69) is 0 Å². The van der Waals surface area contributed by atoms with Crippen LogP contribution in [0, 0.1) is 6.92 Å². The molecule has 1 amide bonds. The van der Waals surface area contributed by atoms with Gasteiger partial charge in [-0.3, -0.25) is 9.59 Å². The molecule has 2 rings (SSSR count). The Morgan fingerprint density at radius 1 is 1.24 bits per heavy atom. The van der Waals surface area contributed by atoms with E-state index in [1.54, 1.807) is 12.1 Å². The third-order valence-corrected chi connectivity index (χ3v) is 3.03. The highest BCUT2D eigenvalue weighted by Gasteiger charge is 2.17. The lowest BCUT2D eigenvalue weighted by Crippen LogP contribution is -2.34. The SMILES string of the molecule is [CH]C(=O)c1ccc(CN2CCCCC2=O)cc1. The normalized spacial score (nSPS) is 16.1. The van der Waals surface area contributed by atoms with Gasteiger partial charge in [-0.25, -0.2) is 0 Å². The molecule has 0 saturated carbocycles. The van der Waals surface area contributed by atoms with Crippen molar-refractivity contribution >= 4 is 11.7 Å². The summed E-state index contributed by atoms with van der Waals surface area (Å²) in [5.74, 6) is -0.208. The molecule has 1 heterocycles. The molecule has 3 heteroatoms. The Hall–Kier alpha value is -1.64. The fourth-order valence-electron chi connectivity index (χ4n) is 2.02. The van der Waals surface area contributed by atoms with Gasteiger partial charge in [0.05, 0.1) is 0 Å². The van der Waals surface area contributed by atoms with Crippen LogP contribution < -0.4 is 0 Å². The van der Waals surface area contributed by atoms with E-state index in [1.165, 1.54) is 0 Å². The standard InChI is InChI=1S/C14H15NO2/c1-11(16)13-7-5-12(6-8-13)10-15-9-3-2-4-14(15)17/h1,5-8H,2-4,9-10H2. The van der Waals surface area contributed by atoms with E-state index < -0.39 is 5.78 Å². The van der Waals surface area contributed by atoms with Gasteiger partial charge in [0.1, 0.15) is 0 Å². The Morgan fingerprint density at radius 3 is 2.53 bits per heavy atom. The molecule has 3 nitrogen and oxygen atoms in total. The van der Waals surface area contributed by atoms with Crippen molar-refractivity contribution in [3.05, 3.63) is 42.3 Å². The van der Waals surface area contributed by atoms with Crippen molar-refractivity contribution in [1.29, 1.82) is 0 Å². The molecule has 1 aromatic carbocycles. The summed E-state index contributed by atoms with van der Waals surface area (Å²) in [6, 6.07) is 7.10. The van der Waals surface area contributed by atoms with Crippen molar-refractivity contribution in [3.63, 3.8) is 0 Å². The Balaban J connectivity index is 2.03. The quantitative estimate of drug-likeness (QED) is 0.744. The van der Waals surface area contributed by atoms with E-state index in [4.69, 9.17) is 6.92 Å². The molecule has 1 aromatic rings. The first kappa shape index (κ1) is 11.8. The molecule has 0 bridgehead atoms. The van der Waals surface area contributed by atoms with Crippen LogP contribution in [0.4, 0.5) is 0 Å². The number of rotatable bonds is 3. The van der Waals surface area contributed by atoms with E-state index in [0.29, 0.717) is 18.5 Å². The van der Waals surface area contributed by atoms with Crippen LogP contribution in [0.5, 0.6) is 0 Å². The van der Waals surface area contributed by atoms with E-state index in [-0.39, 0.29) is 5.91 Å². The number of carbonyl (C=O) groups is 2. The van der Waals surface area contributed by atoms with E-state index in [1.807, 2.05) is 17.0 Å². The third-order valence-electron chi connectivity index (χ3n) is 3.03. The maximum absolute atomic E-state index is 11.6. The summed E-state index contributed by atoms with van der Waals surface area (Å²) < 4.78 is 0. The van der Waals surface area contributed by atoms with Crippen LogP contribution >= 0.6 is 0 Å². The van der Waals surface area contributed by atoms with Crippen LogP contribution in [-0.4, -0.2) is 23.1 Å². The Labute approximate surface area is 101 Å². The van der Waals surface area contributed by atoms with Gasteiger partial charge in [-0.2, -0.15) is 0 Å². The van der Waals surface area contributed by atoms with Crippen molar-refractivity contribution in [3.8, 4) is 0 Å². The number of piperidine rings is 1. The molecule has 0 aliphatic carbocycles. The summed E-state index contributed by atoms with van der Waals surface area (Å²) in [7, 11) is 0. The van der Waals surface area contributed by atoms with Crippen molar-refractivity contribution in [1.82, 2.24) is 4.90 Å². The molecule has 88 valence electrons. The molecule has 1 aliphatic rings. The van der Waals surface area contributed by atoms with Gasteiger partial charge in [0, 0.05) is 32.0 Å². The Bertz CT molecular complexity index is 422. The lowest BCUT2D eigenvalue weighted by molar-refractivity contribution is -0.133. The van der Waals surface area contributed by atoms with Gasteiger partial charge in [-0.1, -0.05) is 24.3 Å². The number of benzene rings is 1. The monoisotopic (exact) mass is 229 g/mol. The van der Waals surface area contributed by atoms with Gasteiger partial charge in [-0.05, 0) is 18.4 Å². The fraction of sp³-hybridized carbons (Fsp3) is 0.357. The highest BCUT2D eigenvalue weighted by atomic mass is 16.2. The largest absolute Gasteiger partial charge is 0.338 e. The molecular weight excluding hydrogens is 214 g/mol. The number of likely N-dealkylation sites (tertiary alicyclic amines) is 1. The average molecular weight is 229 g/mol. The van der Waals surface area contributed by atoms with E-state index >= 15 is 0 Å². The van der Waals surface area contributed by atoms with Crippen molar-refractivity contribution in [2.45, 2.75) is 25.8 Å². The van der Waals surface area contributed by atoms with Crippen molar-refractivity contribution in [2.24, 2.45) is 0 Å². The summed E-state index contributed by atoms with van der Waals surface area (Å²) in [6.07, 6.45) is 2.72. The number of hydrogen-bond acceptors (Lipinski definition) is 2. The molecule has 0 unspecified atom stereocenters. The number of nitrogens with zero attached hydrogens (tertiary/aromatic N) is 1. The van der Waals surface area contributed by atoms with E-state index in [9.17, 15) is 9.59 Å². The molecule has 17 heavy (non-hydrogen) atoms. The molecule has 2 radical (unpaired) electrons. The molecule has 0 atom stereocenters. The first-order valence-corrected chi connectivity index (χ1v) is 5.83. The number of Topliss-reactive ketones (excluding diaryl/α,β-unsaturated/α-hetero) is 1. The summed E-state index contributed by atoms with van der Waals surface area (Å²) >= 11 is 0. The Kier molecular flexibility index (Phi) is 3.57. The van der Waals surface area contributed by atoms with Crippen molar-refractivity contribution < 1.29 is 9.59 Å². The highest BCUT2D eigenvalue weighted by Crippen LogP contribution is 2.14. The van der Waals surface area contributed by atoms with Crippen LogP contribution in [0.3, 0.4) is 0 Å². The molecule has 1 fully saturated rings. The lowest BCUT2D eigenvalue weighted by atomic mass is 10.1. The highest BCUT2D eigenvalue weighted by molar-refractivity contribution is 5.99. The fourth-order valence-corrected chi connectivity index (χ4v) is 2.02. The summed E-state index contributed by atoms with van der Waals surface area (Å²) in [5, 5.41) is 0. The van der Waals surface area contributed by atoms with Gasteiger partial charge in [0.15, 0.2) is 5.78 Å². The predicted molar refractivity (Wildman–Crippen MR) is 64.3 cm³/mol. The second kappa shape index (κ2) is 5.13. The molecule has 0 N–H and O–H groups in total. The van der Waals surface area contributed by atoms with Gasteiger partial charge >= 0.3 is 0 Å². The molecule has 0 spiro atoms.